The molecule has 1 heterocycles. The molecule has 0 aliphatic carbocycles. The third-order valence-corrected chi connectivity index (χ3v) is 3.45. The van der Waals surface area contributed by atoms with Crippen LogP contribution in [0, 0.1) is 5.92 Å². The van der Waals surface area contributed by atoms with E-state index in [4.69, 9.17) is 5.73 Å². The Bertz CT molecular complexity index is 365. The van der Waals surface area contributed by atoms with Crippen LogP contribution in [0.4, 0.5) is 5.69 Å². The fourth-order valence-corrected chi connectivity index (χ4v) is 2.67. The van der Waals surface area contributed by atoms with E-state index in [0.717, 1.165) is 6.42 Å². The van der Waals surface area contributed by atoms with Gasteiger partial charge in [-0.15, -0.1) is 0 Å². The quantitative estimate of drug-likeness (QED) is 0.865. The summed E-state index contributed by atoms with van der Waals surface area (Å²) in [5, 5.41) is 0. The predicted molar refractivity (Wildman–Crippen MR) is 74.3 cm³/mol. The summed E-state index contributed by atoms with van der Waals surface area (Å²) in [7, 11) is 0. The number of benzene rings is 1. The number of anilines is 1. The molecule has 2 nitrogen and oxygen atoms in total. The number of hydrogen-bond acceptors (Lipinski definition) is 2. The molecule has 1 saturated heterocycles. The van der Waals surface area contributed by atoms with Crippen LogP contribution in [0.1, 0.15) is 37.8 Å². The minimum Gasteiger partial charge on any atom is -0.371 e. The number of hydrogen-bond donors (Lipinski definition) is 1. The van der Waals surface area contributed by atoms with Crippen molar-refractivity contribution < 1.29 is 0 Å². The SMILES string of the molecule is CC(C)Cc1ccc(N2CCCC2)c(CN)c1. The first kappa shape index (κ1) is 12.4. The van der Waals surface area contributed by atoms with Crippen molar-refractivity contribution in [1.82, 2.24) is 0 Å². The zero-order valence-electron chi connectivity index (χ0n) is 11.1. The summed E-state index contributed by atoms with van der Waals surface area (Å²) >= 11 is 0. The van der Waals surface area contributed by atoms with E-state index in [1.165, 1.54) is 42.7 Å². The van der Waals surface area contributed by atoms with E-state index in [0.29, 0.717) is 12.5 Å². The summed E-state index contributed by atoms with van der Waals surface area (Å²) in [6, 6.07) is 6.84. The first-order valence-corrected chi connectivity index (χ1v) is 6.77. The lowest BCUT2D eigenvalue weighted by Gasteiger charge is -2.22. The maximum absolute atomic E-state index is 5.89. The normalized spacial score (nSPS) is 15.9. The van der Waals surface area contributed by atoms with Gasteiger partial charge in [0, 0.05) is 25.3 Å². The van der Waals surface area contributed by atoms with Crippen molar-refractivity contribution in [2.24, 2.45) is 11.7 Å². The van der Waals surface area contributed by atoms with E-state index in [-0.39, 0.29) is 0 Å². The van der Waals surface area contributed by atoms with Crippen LogP contribution in [0.5, 0.6) is 0 Å². The molecule has 2 rings (SSSR count). The Hall–Kier alpha value is -1.02. The highest BCUT2D eigenvalue weighted by molar-refractivity contribution is 5.55. The minimum absolute atomic E-state index is 0.651. The van der Waals surface area contributed by atoms with Crippen LogP contribution >= 0.6 is 0 Å². The van der Waals surface area contributed by atoms with Crippen molar-refractivity contribution in [3.05, 3.63) is 29.3 Å². The van der Waals surface area contributed by atoms with E-state index in [1.807, 2.05) is 0 Å². The second-order valence-corrected chi connectivity index (χ2v) is 5.46. The summed E-state index contributed by atoms with van der Waals surface area (Å²) in [5.41, 5.74) is 9.98. The molecule has 1 fully saturated rings. The van der Waals surface area contributed by atoms with Crippen molar-refractivity contribution in [3.63, 3.8) is 0 Å². The first-order valence-electron chi connectivity index (χ1n) is 6.77. The van der Waals surface area contributed by atoms with Crippen LogP contribution in [0.15, 0.2) is 18.2 Å². The zero-order valence-corrected chi connectivity index (χ0v) is 11.1. The van der Waals surface area contributed by atoms with Gasteiger partial charge in [0.25, 0.3) is 0 Å². The monoisotopic (exact) mass is 232 g/mol. The molecule has 1 aliphatic heterocycles. The average molecular weight is 232 g/mol. The van der Waals surface area contributed by atoms with Gasteiger partial charge in [0.1, 0.15) is 0 Å². The Morgan fingerprint density at radius 1 is 1.24 bits per heavy atom. The Balaban J connectivity index is 2.21. The van der Waals surface area contributed by atoms with Crippen LogP contribution in [-0.4, -0.2) is 13.1 Å². The van der Waals surface area contributed by atoms with Gasteiger partial charge >= 0.3 is 0 Å². The van der Waals surface area contributed by atoms with Gasteiger partial charge in [0.15, 0.2) is 0 Å². The molecule has 0 radical (unpaired) electrons. The molecule has 0 aromatic heterocycles. The average Bonchev–Trinajstić information content (AvgIpc) is 2.81. The third kappa shape index (κ3) is 3.01. The smallest absolute Gasteiger partial charge is 0.0411 e. The van der Waals surface area contributed by atoms with Crippen LogP contribution < -0.4 is 10.6 Å². The van der Waals surface area contributed by atoms with Gasteiger partial charge < -0.3 is 10.6 Å². The molecule has 2 heteroatoms. The molecular formula is C15H24N2. The lowest BCUT2D eigenvalue weighted by Crippen LogP contribution is -2.20. The molecule has 0 bridgehead atoms. The standard InChI is InChI=1S/C15H24N2/c1-12(2)9-13-5-6-15(14(10-13)11-16)17-7-3-4-8-17/h5-6,10,12H,3-4,7-9,11,16H2,1-2H3. The second kappa shape index (κ2) is 5.54. The van der Waals surface area contributed by atoms with Gasteiger partial charge in [-0.2, -0.15) is 0 Å². The van der Waals surface area contributed by atoms with Crippen molar-refractivity contribution in [2.45, 2.75) is 39.7 Å². The number of rotatable bonds is 4. The maximum Gasteiger partial charge on any atom is 0.0411 e. The molecule has 0 saturated carbocycles. The summed E-state index contributed by atoms with van der Waals surface area (Å²) in [6.45, 7) is 7.55. The maximum atomic E-state index is 5.89. The molecule has 0 atom stereocenters. The predicted octanol–water partition coefficient (Wildman–Crippen LogP) is 2.94. The van der Waals surface area contributed by atoms with E-state index in [1.54, 1.807) is 0 Å². The molecular weight excluding hydrogens is 208 g/mol. The molecule has 2 N–H and O–H groups in total. The van der Waals surface area contributed by atoms with E-state index in [9.17, 15) is 0 Å². The highest BCUT2D eigenvalue weighted by Crippen LogP contribution is 2.26. The Kier molecular flexibility index (Phi) is 4.06. The first-order chi connectivity index (χ1) is 8.20. The highest BCUT2D eigenvalue weighted by atomic mass is 15.1. The molecule has 0 spiro atoms. The summed E-state index contributed by atoms with van der Waals surface area (Å²) in [5.74, 6) is 0.707. The summed E-state index contributed by atoms with van der Waals surface area (Å²) in [4.78, 5) is 2.47. The molecule has 94 valence electrons. The van der Waals surface area contributed by atoms with Gasteiger partial charge in [0.2, 0.25) is 0 Å². The lowest BCUT2D eigenvalue weighted by atomic mass is 9.99. The lowest BCUT2D eigenvalue weighted by molar-refractivity contribution is 0.646. The largest absolute Gasteiger partial charge is 0.371 e. The molecule has 0 unspecified atom stereocenters. The van der Waals surface area contributed by atoms with E-state index in [2.05, 4.69) is 36.9 Å². The van der Waals surface area contributed by atoms with Crippen molar-refractivity contribution >= 4 is 5.69 Å². The van der Waals surface area contributed by atoms with Gasteiger partial charge in [-0.3, -0.25) is 0 Å². The molecule has 1 aromatic rings. The van der Waals surface area contributed by atoms with Crippen LogP contribution in [-0.2, 0) is 13.0 Å². The molecule has 17 heavy (non-hydrogen) atoms. The van der Waals surface area contributed by atoms with Crippen molar-refractivity contribution in [3.8, 4) is 0 Å². The second-order valence-electron chi connectivity index (χ2n) is 5.46. The summed E-state index contributed by atoms with van der Waals surface area (Å²) < 4.78 is 0. The van der Waals surface area contributed by atoms with Crippen molar-refractivity contribution in [2.75, 3.05) is 18.0 Å². The van der Waals surface area contributed by atoms with E-state index >= 15 is 0 Å². The van der Waals surface area contributed by atoms with Gasteiger partial charge in [0.05, 0.1) is 0 Å². The van der Waals surface area contributed by atoms with Crippen LogP contribution in [0.25, 0.3) is 0 Å². The summed E-state index contributed by atoms with van der Waals surface area (Å²) in [6.07, 6.45) is 3.78. The fraction of sp³-hybridized carbons (Fsp3) is 0.600. The Labute approximate surface area is 105 Å². The van der Waals surface area contributed by atoms with E-state index < -0.39 is 0 Å². The number of nitrogens with two attached hydrogens (primary N) is 1. The minimum atomic E-state index is 0.651. The van der Waals surface area contributed by atoms with Crippen LogP contribution in [0.3, 0.4) is 0 Å². The fourth-order valence-electron chi connectivity index (χ4n) is 2.67. The van der Waals surface area contributed by atoms with Crippen molar-refractivity contribution in [1.29, 1.82) is 0 Å². The molecule has 1 aliphatic rings. The third-order valence-electron chi connectivity index (χ3n) is 3.45. The molecule has 0 amide bonds. The van der Waals surface area contributed by atoms with Gasteiger partial charge in [-0.05, 0) is 42.4 Å². The zero-order chi connectivity index (χ0) is 12.3. The highest BCUT2D eigenvalue weighted by Gasteiger charge is 2.15. The Morgan fingerprint density at radius 2 is 1.94 bits per heavy atom. The number of nitrogens with zero attached hydrogens (tertiary/aromatic N) is 1. The Morgan fingerprint density at radius 3 is 2.53 bits per heavy atom. The van der Waals surface area contributed by atoms with Crippen LogP contribution in [0.2, 0.25) is 0 Å². The topological polar surface area (TPSA) is 29.3 Å². The molecule has 1 aromatic carbocycles. The van der Waals surface area contributed by atoms with Gasteiger partial charge in [-0.25, -0.2) is 0 Å². The van der Waals surface area contributed by atoms with Gasteiger partial charge in [-0.1, -0.05) is 26.0 Å².